The van der Waals surface area contributed by atoms with Crippen molar-refractivity contribution in [3.8, 4) is 0 Å². The van der Waals surface area contributed by atoms with Gasteiger partial charge in [-0.2, -0.15) is 0 Å². The van der Waals surface area contributed by atoms with E-state index < -0.39 is 17.7 Å². The van der Waals surface area contributed by atoms with Gasteiger partial charge in [0.1, 0.15) is 11.6 Å². The third-order valence-corrected chi connectivity index (χ3v) is 2.86. The third-order valence-electron chi connectivity index (χ3n) is 2.86. The van der Waals surface area contributed by atoms with Crippen LogP contribution < -0.4 is 0 Å². The van der Waals surface area contributed by atoms with Crippen LogP contribution in [0.3, 0.4) is 0 Å². The summed E-state index contributed by atoms with van der Waals surface area (Å²) in [5.74, 6) is -1.34. The maximum atomic E-state index is 13.3. The first-order valence-corrected chi connectivity index (χ1v) is 5.46. The van der Waals surface area contributed by atoms with Crippen LogP contribution >= 0.6 is 0 Å². The molecule has 1 aliphatic rings. The third kappa shape index (κ3) is 2.79. The molecule has 1 aromatic rings. The van der Waals surface area contributed by atoms with Crippen molar-refractivity contribution >= 4 is 5.91 Å². The lowest BCUT2D eigenvalue weighted by Crippen LogP contribution is -2.28. The first kappa shape index (κ1) is 12.0. The summed E-state index contributed by atoms with van der Waals surface area (Å²) in [6.07, 6.45) is -0.170. The summed E-state index contributed by atoms with van der Waals surface area (Å²) in [6.45, 7) is 0.639. The van der Waals surface area contributed by atoms with Crippen molar-refractivity contribution in [1.82, 2.24) is 4.90 Å². The molecule has 2 rings (SSSR count). The second kappa shape index (κ2) is 4.79. The molecular formula is C12H13F2NO2. The lowest BCUT2D eigenvalue weighted by Gasteiger charge is -2.15. The molecule has 0 aromatic heterocycles. The molecule has 1 saturated heterocycles. The van der Waals surface area contributed by atoms with Gasteiger partial charge in [-0.3, -0.25) is 4.79 Å². The number of aliphatic hydroxyl groups excluding tert-OH is 1. The number of hydrogen-bond acceptors (Lipinski definition) is 2. The van der Waals surface area contributed by atoms with E-state index in [1.165, 1.54) is 17.0 Å². The average Bonchev–Trinajstić information content (AvgIpc) is 2.56. The van der Waals surface area contributed by atoms with Crippen molar-refractivity contribution in [2.45, 2.75) is 18.9 Å². The van der Waals surface area contributed by atoms with Gasteiger partial charge in [-0.1, -0.05) is 6.07 Å². The monoisotopic (exact) mass is 241 g/mol. The number of halogens is 2. The predicted octanol–water partition coefficient (Wildman–Crippen LogP) is 1.10. The zero-order chi connectivity index (χ0) is 12.4. The second-order valence-corrected chi connectivity index (χ2v) is 4.18. The fraction of sp³-hybridized carbons (Fsp3) is 0.417. The Labute approximate surface area is 97.7 Å². The molecule has 1 fully saturated rings. The zero-order valence-electron chi connectivity index (χ0n) is 9.20. The van der Waals surface area contributed by atoms with Gasteiger partial charge in [0.05, 0.1) is 12.5 Å². The molecule has 0 radical (unpaired) electrons. The summed E-state index contributed by atoms with van der Waals surface area (Å²) in [4.78, 5) is 12.9. The van der Waals surface area contributed by atoms with Crippen molar-refractivity contribution < 1.29 is 18.7 Å². The molecule has 1 aromatic carbocycles. The minimum atomic E-state index is -0.624. The Kier molecular flexibility index (Phi) is 3.38. The molecule has 92 valence electrons. The van der Waals surface area contributed by atoms with E-state index in [-0.39, 0.29) is 12.3 Å². The Bertz CT molecular complexity index is 437. The van der Waals surface area contributed by atoms with Gasteiger partial charge < -0.3 is 10.0 Å². The zero-order valence-corrected chi connectivity index (χ0v) is 9.20. The van der Waals surface area contributed by atoms with E-state index in [4.69, 9.17) is 0 Å². The van der Waals surface area contributed by atoms with Crippen molar-refractivity contribution in [3.05, 3.63) is 35.4 Å². The molecule has 1 amide bonds. The molecule has 0 saturated carbocycles. The number of hydrogen-bond donors (Lipinski definition) is 1. The van der Waals surface area contributed by atoms with Crippen LogP contribution in [-0.2, 0) is 11.2 Å². The lowest BCUT2D eigenvalue weighted by molar-refractivity contribution is -0.127. The number of likely N-dealkylation sites (tertiary alicyclic amines) is 1. The minimum Gasteiger partial charge on any atom is -0.391 e. The molecule has 5 heteroatoms. The van der Waals surface area contributed by atoms with E-state index in [0.717, 1.165) is 6.07 Å². The molecule has 0 bridgehead atoms. The Morgan fingerprint density at radius 2 is 2.18 bits per heavy atom. The molecule has 0 spiro atoms. The number of rotatable bonds is 3. The number of carbonyl (C=O) groups excluding carboxylic acids is 1. The number of aliphatic hydroxyl groups is 1. The van der Waals surface area contributed by atoms with E-state index >= 15 is 0 Å². The van der Waals surface area contributed by atoms with Crippen LogP contribution in [0, 0.1) is 11.6 Å². The molecule has 1 atom stereocenters. The highest BCUT2D eigenvalue weighted by Crippen LogP contribution is 2.14. The highest BCUT2D eigenvalue weighted by molar-refractivity contribution is 5.79. The van der Waals surface area contributed by atoms with Crippen molar-refractivity contribution in [2.24, 2.45) is 0 Å². The minimum absolute atomic E-state index is 0.125. The van der Waals surface area contributed by atoms with Gasteiger partial charge in [0.2, 0.25) is 5.91 Å². The molecule has 1 heterocycles. The summed E-state index contributed by atoms with van der Waals surface area (Å²) in [6, 6.07) is 3.40. The maximum absolute atomic E-state index is 13.3. The number of carbonyl (C=O) groups is 1. The highest BCUT2D eigenvalue weighted by Gasteiger charge is 2.27. The van der Waals surface area contributed by atoms with Gasteiger partial charge in [0.25, 0.3) is 0 Å². The van der Waals surface area contributed by atoms with Gasteiger partial charge in [-0.25, -0.2) is 8.78 Å². The van der Waals surface area contributed by atoms with Gasteiger partial charge in [0, 0.05) is 19.2 Å². The standard InChI is InChI=1S/C12H13F2NO2/c13-9-2-1-8(11(14)5-9)3-4-15-7-10(16)6-12(15)17/h1-2,5,10,16H,3-4,6-7H2. The Hall–Kier alpha value is -1.49. The number of amides is 1. The molecule has 3 nitrogen and oxygen atoms in total. The Morgan fingerprint density at radius 1 is 1.41 bits per heavy atom. The average molecular weight is 241 g/mol. The SMILES string of the molecule is O=C1CC(O)CN1CCc1ccc(F)cc1F. The first-order chi connectivity index (χ1) is 8.06. The van der Waals surface area contributed by atoms with Crippen LogP contribution in [0.4, 0.5) is 8.78 Å². The van der Waals surface area contributed by atoms with E-state index in [0.29, 0.717) is 25.1 Å². The molecule has 0 aliphatic carbocycles. The van der Waals surface area contributed by atoms with Crippen molar-refractivity contribution in [2.75, 3.05) is 13.1 Å². The molecule has 17 heavy (non-hydrogen) atoms. The van der Waals surface area contributed by atoms with E-state index in [1.54, 1.807) is 0 Å². The van der Waals surface area contributed by atoms with Crippen LogP contribution in [0.1, 0.15) is 12.0 Å². The van der Waals surface area contributed by atoms with Gasteiger partial charge >= 0.3 is 0 Å². The van der Waals surface area contributed by atoms with Crippen LogP contribution in [0.5, 0.6) is 0 Å². The molecule has 1 N–H and O–H groups in total. The molecule has 1 unspecified atom stereocenters. The van der Waals surface area contributed by atoms with Crippen LogP contribution in [0.15, 0.2) is 18.2 Å². The summed E-state index contributed by atoms with van der Waals surface area (Å²) < 4.78 is 26.0. The normalized spacial score (nSPS) is 20.1. The second-order valence-electron chi connectivity index (χ2n) is 4.18. The summed E-state index contributed by atoms with van der Waals surface area (Å²) in [5, 5.41) is 9.27. The molecular weight excluding hydrogens is 228 g/mol. The quantitative estimate of drug-likeness (QED) is 0.861. The largest absolute Gasteiger partial charge is 0.391 e. The fourth-order valence-corrected chi connectivity index (χ4v) is 1.95. The lowest BCUT2D eigenvalue weighted by atomic mass is 10.1. The van der Waals surface area contributed by atoms with Crippen molar-refractivity contribution in [3.63, 3.8) is 0 Å². The summed E-state index contributed by atoms with van der Waals surface area (Å²) in [5.41, 5.74) is 0.376. The summed E-state index contributed by atoms with van der Waals surface area (Å²) in [7, 11) is 0. The van der Waals surface area contributed by atoms with Crippen molar-refractivity contribution in [1.29, 1.82) is 0 Å². The van der Waals surface area contributed by atoms with E-state index in [2.05, 4.69) is 0 Å². The number of nitrogens with zero attached hydrogens (tertiary/aromatic N) is 1. The smallest absolute Gasteiger partial charge is 0.225 e. The van der Waals surface area contributed by atoms with E-state index in [9.17, 15) is 18.7 Å². The van der Waals surface area contributed by atoms with Crippen LogP contribution in [0.25, 0.3) is 0 Å². The maximum Gasteiger partial charge on any atom is 0.225 e. The molecule has 1 aliphatic heterocycles. The van der Waals surface area contributed by atoms with Gasteiger partial charge in [-0.05, 0) is 18.1 Å². The highest BCUT2D eigenvalue weighted by atomic mass is 19.1. The topological polar surface area (TPSA) is 40.5 Å². The van der Waals surface area contributed by atoms with Gasteiger partial charge in [-0.15, -0.1) is 0 Å². The van der Waals surface area contributed by atoms with E-state index in [1.807, 2.05) is 0 Å². The number of benzene rings is 1. The first-order valence-electron chi connectivity index (χ1n) is 5.46. The van der Waals surface area contributed by atoms with Gasteiger partial charge in [0.15, 0.2) is 0 Å². The Balaban J connectivity index is 1.96. The Morgan fingerprint density at radius 3 is 2.76 bits per heavy atom. The fourth-order valence-electron chi connectivity index (χ4n) is 1.95. The predicted molar refractivity (Wildman–Crippen MR) is 57.3 cm³/mol. The number of β-amino-alcohol motifs (C(OH)–C–C–N with tert-alkyl or cyclic N) is 1. The van der Waals surface area contributed by atoms with Crippen LogP contribution in [0.2, 0.25) is 0 Å². The van der Waals surface area contributed by atoms with Crippen LogP contribution in [-0.4, -0.2) is 35.1 Å². The summed E-state index contributed by atoms with van der Waals surface area (Å²) >= 11 is 0.